The van der Waals surface area contributed by atoms with Gasteiger partial charge in [-0.1, -0.05) is 12.1 Å². The van der Waals surface area contributed by atoms with Gasteiger partial charge in [-0.2, -0.15) is 13.2 Å². The molecule has 0 atom stereocenters. The van der Waals surface area contributed by atoms with Crippen LogP contribution in [0.25, 0.3) is 0 Å². The van der Waals surface area contributed by atoms with Gasteiger partial charge in [-0.15, -0.1) is 0 Å². The maximum absolute atomic E-state index is 12.5. The highest BCUT2D eigenvalue weighted by Gasteiger charge is 2.30. The summed E-state index contributed by atoms with van der Waals surface area (Å²) in [5.41, 5.74) is 0.0926. The molecule has 0 aliphatic carbocycles. The highest BCUT2D eigenvalue weighted by Crippen LogP contribution is 2.29. The van der Waals surface area contributed by atoms with Crippen molar-refractivity contribution in [3.05, 3.63) is 59.7 Å². The van der Waals surface area contributed by atoms with E-state index in [9.17, 15) is 27.6 Å². The number of rotatable bonds is 5. The molecule has 2 amide bonds. The second kappa shape index (κ2) is 7.81. The molecule has 2 aromatic rings. The molecular formula is C18H15F3N2O3. The molecule has 5 nitrogen and oxygen atoms in total. The van der Waals surface area contributed by atoms with Crippen molar-refractivity contribution in [3.8, 4) is 0 Å². The first-order valence-corrected chi connectivity index (χ1v) is 7.53. The lowest BCUT2D eigenvalue weighted by Crippen LogP contribution is -2.21. The van der Waals surface area contributed by atoms with Crippen LogP contribution in [0.3, 0.4) is 0 Å². The summed E-state index contributed by atoms with van der Waals surface area (Å²) in [7, 11) is 0. The van der Waals surface area contributed by atoms with E-state index in [4.69, 9.17) is 0 Å². The Balaban J connectivity index is 1.92. The van der Waals surface area contributed by atoms with E-state index in [0.717, 1.165) is 24.3 Å². The molecule has 0 aliphatic rings. The minimum Gasteiger partial charge on any atom is -0.326 e. The lowest BCUT2D eigenvalue weighted by molar-refractivity contribution is -0.137. The van der Waals surface area contributed by atoms with Gasteiger partial charge in [-0.05, 0) is 43.3 Å². The zero-order valence-electron chi connectivity index (χ0n) is 13.7. The second-order valence-corrected chi connectivity index (χ2v) is 5.49. The van der Waals surface area contributed by atoms with E-state index in [-0.39, 0.29) is 11.5 Å². The van der Waals surface area contributed by atoms with E-state index in [2.05, 4.69) is 10.6 Å². The molecule has 26 heavy (non-hydrogen) atoms. The van der Waals surface area contributed by atoms with E-state index in [0.29, 0.717) is 11.3 Å². The molecule has 2 rings (SSSR count). The third kappa shape index (κ3) is 5.44. The van der Waals surface area contributed by atoms with Crippen LogP contribution in [0.4, 0.5) is 24.5 Å². The topological polar surface area (TPSA) is 75.3 Å². The number of carbonyl (C=O) groups is 3. The Bertz CT molecular complexity index is 830. The summed E-state index contributed by atoms with van der Waals surface area (Å²) in [4.78, 5) is 35.0. The summed E-state index contributed by atoms with van der Waals surface area (Å²) >= 11 is 0. The molecule has 0 heterocycles. The van der Waals surface area contributed by atoms with Crippen LogP contribution >= 0.6 is 0 Å². The molecule has 0 saturated carbocycles. The predicted molar refractivity (Wildman–Crippen MR) is 89.8 cm³/mol. The van der Waals surface area contributed by atoms with Crippen LogP contribution in [-0.2, 0) is 15.8 Å². The zero-order valence-corrected chi connectivity index (χ0v) is 13.7. The summed E-state index contributed by atoms with van der Waals surface area (Å²) in [6.45, 7) is 1.39. The van der Waals surface area contributed by atoms with Gasteiger partial charge in [0.25, 0.3) is 0 Å². The van der Waals surface area contributed by atoms with Gasteiger partial charge in [0.05, 0.1) is 5.56 Å². The molecule has 0 aromatic heterocycles. The Hall–Kier alpha value is -3.16. The number of alkyl halides is 3. The zero-order chi connectivity index (χ0) is 19.3. The van der Waals surface area contributed by atoms with E-state index in [1.54, 1.807) is 18.2 Å². The number of halogens is 3. The van der Waals surface area contributed by atoms with Crippen molar-refractivity contribution in [2.75, 3.05) is 10.6 Å². The van der Waals surface area contributed by atoms with Gasteiger partial charge in [-0.3, -0.25) is 14.4 Å². The number of hydrogen-bond donors (Lipinski definition) is 2. The number of Topliss-reactive ketones (excluding diaryl/α,β-unsaturated/α-hetero) is 1. The fraction of sp³-hybridized carbons (Fsp3) is 0.167. The molecule has 8 heteroatoms. The summed E-state index contributed by atoms with van der Waals surface area (Å²) in [6.07, 6.45) is -4.98. The molecular weight excluding hydrogens is 349 g/mol. The van der Waals surface area contributed by atoms with Crippen molar-refractivity contribution >= 4 is 29.0 Å². The SMILES string of the molecule is CC(=O)c1cccc(NC(=O)CC(=O)Nc2ccc(C(F)(F)F)cc2)c1. The molecule has 0 fully saturated rings. The molecule has 0 radical (unpaired) electrons. The van der Waals surface area contributed by atoms with Crippen LogP contribution in [0.2, 0.25) is 0 Å². The fourth-order valence-corrected chi connectivity index (χ4v) is 2.11. The van der Waals surface area contributed by atoms with Gasteiger partial charge in [0, 0.05) is 16.9 Å². The maximum Gasteiger partial charge on any atom is 0.416 e. The van der Waals surface area contributed by atoms with E-state index in [1.165, 1.54) is 13.0 Å². The van der Waals surface area contributed by atoms with Crippen LogP contribution in [0.5, 0.6) is 0 Å². The molecule has 0 spiro atoms. The Morgan fingerprint density at radius 2 is 1.46 bits per heavy atom. The third-order valence-corrected chi connectivity index (χ3v) is 3.37. The molecule has 0 unspecified atom stereocenters. The maximum atomic E-state index is 12.5. The molecule has 0 bridgehead atoms. The molecule has 136 valence electrons. The first-order chi connectivity index (χ1) is 12.1. The van der Waals surface area contributed by atoms with Crippen molar-refractivity contribution in [2.45, 2.75) is 19.5 Å². The number of anilines is 2. The average Bonchev–Trinajstić information content (AvgIpc) is 2.54. The number of hydrogen-bond acceptors (Lipinski definition) is 3. The van der Waals surface area contributed by atoms with Gasteiger partial charge >= 0.3 is 6.18 Å². The van der Waals surface area contributed by atoms with Crippen LogP contribution < -0.4 is 10.6 Å². The average molecular weight is 364 g/mol. The Kier molecular flexibility index (Phi) is 5.76. The van der Waals surface area contributed by atoms with E-state index in [1.807, 2.05) is 0 Å². The number of ketones is 1. The highest BCUT2D eigenvalue weighted by atomic mass is 19.4. The monoisotopic (exact) mass is 364 g/mol. The number of benzene rings is 2. The first-order valence-electron chi connectivity index (χ1n) is 7.53. The third-order valence-electron chi connectivity index (χ3n) is 3.37. The van der Waals surface area contributed by atoms with Gasteiger partial charge in [-0.25, -0.2) is 0 Å². The first kappa shape index (κ1) is 19.2. The molecule has 0 aliphatic heterocycles. The number of amides is 2. The van der Waals surface area contributed by atoms with Crippen molar-refractivity contribution in [1.29, 1.82) is 0 Å². The largest absolute Gasteiger partial charge is 0.416 e. The van der Waals surface area contributed by atoms with Crippen LogP contribution in [0, 0.1) is 0 Å². The molecule has 0 saturated heterocycles. The number of nitrogens with one attached hydrogen (secondary N) is 2. The predicted octanol–water partition coefficient (Wildman–Crippen LogP) is 3.88. The molecule has 2 N–H and O–H groups in total. The van der Waals surface area contributed by atoms with Crippen molar-refractivity contribution < 1.29 is 27.6 Å². The lowest BCUT2D eigenvalue weighted by Gasteiger charge is -2.09. The minimum atomic E-state index is -4.46. The Morgan fingerprint density at radius 1 is 0.885 bits per heavy atom. The summed E-state index contributed by atoms with van der Waals surface area (Å²) in [5, 5.41) is 4.83. The van der Waals surface area contributed by atoms with E-state index < -0.39 is 30.0 Å². The van der Waals surface area contributed by atoms with Crippen molar-refractivity contribution in [1.82, 2.24) is 0 Å². The summed E-state index contributed by atoms with van der Waals surface area (Å²) in [6, 6.07) is 10.1. The minimum absolute atomic E-state index is 0.148. The Labute approximate surface area is 147 Å². The Morgan fingerprint density at radius 3 is 2.00 bits per heavy atom. The number of carbonyl (C=O) groups excluding carboxylic acids is 3. The van der Waals surface area contributed by atoms with Gasteiger partial charge < -0.3 is 10.6 Å². The van der Waals surface area contributed by atoms with Crippen LogP contribution in [0.1, 0.15) is 29.3 Å². The summed E-state index contributed by atoms with van der Waals surface area (Å²) in [5.74, 6) is -1.46. The van der Waals surface area contributed by atoms with Gasteiger partial charge in [0.2, 0.25) is 11.8 Å². The van der Waals surface area contributed by atoms with Crippen molar-refractivity contribution in [3.63, 3.8) is 0 Å². The highest BCUT2D eigenvalue weighted by molar-refractivity contribution is 6.08. The smallest absolute Gasteiger partial charge is 0.326 e. The lowest BCUT2D eigenvalue weighted by atomic mass is 10.1. The molecule has 2 aromatic carbocycles. The standard InChI is InChI=1S/C18H15F3N2O3/c1-11(24)12-3-2-4-15(9-12)23-17(26)10-16(25)22-14-7-5-13(6-8-14)18(19,20)21/h2-9H,10H2,1H3,(H,22,25)(H,23,26). The van der Waals surface area contributed by atoms with Crippen LogP contribution in [-0.4, -0.2) is 17.6 Å². The van der Waals surface area contributed by atoms with Crippen molar-refractivity contribution in [2.24, 2.45) is 0 Å². The van der Waals surface area contributed by atoms with Crippen LogP contribution in [0.15, 0.2) is 48.5 Å². The van der Waals surface area contributed by atoms with E-state index >= 15 is 0 Å². The van der Waals surface area contributed by atoms with Gasteiger partial charge in [0.1, 0.15) is 6.42 Å². The summed E-state index contributed by atoms with van der Waals surface area (Å²) < 4.78 is 37.4. The quantitative estimate of drug-likeness (QED) is 0.625. The fourth-order valence-electron chi connectivity index (χ4n) is 2.11. The second-order valence-electron chi connectivity index (χ2n) is 5.49. The normalized spacial score (nSPS) is 10.9. The van der Waals surface area contributed by atoms with Gasteiger partial charge in [0.15, 0.2) is 5.78 Å².